The number of aromatic amines is 1. The molecule has 1 aromatic carbocycles. The maximum Gasteiger partial charge on any atom is 0.272 e. The maximum atomic E-state index is 13.5. The summed E-state index contributed by atoms with van der Waals surface area (Å²) in [6.45, 7) is 1.89. The van der Waals surface area contributed by atoms with Crippen LogP contribution in [0.4, 0.5) is 8.78 Å². The van der Waals surface area contributed by atoms with Crippen LogP contribution in [0.2, 0.25) is 0 Å². The van der Waals surface area contributed by atoms with Crippen molar-refractivity contribution in [1.82, 2.24) is 20.8 Å². The predicted octanol–water partition coefficient (Wildman–Crippen LogP) is 2.02. The van der Waals surface area contributed by atoms with Gasteiger partial charge >= 0.3 is 0 Å². The van der Waals surface area contributed by atoms with Gasteiger partial charge in [0.2, 0.25) is 0 Å². The van der Waals surface area contributed by atoms with Crippen LogP contribution in [0.25, 0.3) is 0 Å². The van der Waals surface area contributed by atoms with Crippen LogP contribution in [-0.2, 0) is 17.7 Å². The summed E-state index contributed by atoms with van der Waals surface area (Å²) in [5.74, 6) is -2.12. The van der Waals surface area contributed by atoms with E-state index in [9.17, 15) is 13.6 Å². The van der Waals surface area contributed by atoms with E-state index in [4.69, 9.17) is 4.74 Å². The molecule has 1 aromatic heterocycles. The summed E-state index contributed by atoms with van der Waals surface area (Å²) < 4.78 is 32.3. The highest BCUT2D eigenvalue weighted by Gasteiger charge is 2.33. The zero-order chi connectivity index (χ0) is 17.4. The van der Waals surface area contributed by atoms with E-state index in [0.717, 1.165) is 36.4 Å². The van der Waals surface area contributed by atoms with E-state index in [-0.39, 0.29) is 24.4 Å². The van der Waals surface area contributed by atoms with Crippen LogP contribution >= 0.6 is 12.4 Å². The predicted molar refractivity (Wildman–Crippen MR) is 92.2 cm³/mol. The molecule has 26 heavy (non-hydrogen) atoms. The molecule has 1 saturated heterocycles. The number of rotatable bonds is 3. The molecule has 4 rings (SSSR count). The van der Waals surface area contributed by atoms with Crippen LogP contribution in [0.1, 0.15) is 39.8 Å². The zero-order valence-corrected chi connectivity index (χ0v) is 14.7. The van der Waals surface area contributed by atoms with Crippen molar-refractivity contribution >= 4 is 18.3 Å². The normalized spacial score (nSPS) is 21.8. The first kappa shape index (κ1) is 18.8. The SMILES string of the molecule is Cl.O=C(NC1CCOC1c1ccc(F)c(F)c1)c1n[nH]c2c1CNCC2. The van der Waals surface area contributed by atoms with Gasteiger partial charge in [0.15, 0.2) is 17.3 Å². The number of fused-ring (bicyclic) bond motifs is 1. The molecule has 9 heteroatoms. The summed E-state index contributed by atoms with van der Waals surface area (Å²) in [5, 5.41) is 13.2. The standard InChI is InChI=1S/C17H18F2N4O2.ClH/c18-11-2-1-9(7-12(11)19)16-14(4-6-25-16)21-17(24)15-10-8-20-5-3-13(10)22-23-15;/h1-2,7,14,16,20H,3-6,8H2,(H,21,24)(H,22,23);1H. The number of H-pyrrole nitrogens is 1. The van der Waals surface area contributed by atoms with Gasteiger partial charge in [0.25, 0.3) is 5.91 Å². The quantitative estimate of drug-likeness (QED) is 0.756. The van der Waals surface area contributed by atoms with Gasteiger partial charge in [-0.05, 0) is 24.1 Å². The Morgan fingerprint density at radius 3 is 2.96 bits per heavy atom. The molecule has 0 bridgehead atoms. The van der Waals surface area contributed by atoms with Crippen molar-refractivity contribution in [1.29, 1.82) is 0 Å². The molecular weight excluding hydrogens is 366 g/mol. The Kier molecular flexibility index (Phi) is 5.55. The molecule has 0 saturated carbocycles. The van der Waals surface area contributed by atoms with E-state index >= 15 is 0 Å². The molecule has 0 spiro atoms. The number of halogens is 3. The maximum absolute atomic E-state index is 13.5. The van der Waals surface area contributed by atoms with Crippen LogP contribution in [0.5, 0.6) is 0 Å². The van der Waals surface area contributed by atoms with Gasteiger partial charge in [0.1, 0.15) is 6.10 Å². The van der Waals surface area contributed by atoms with E-state index in [1.54, 1.807) is 0 Å². The molecule has 3 heterocycles. The highest BCUT2D eigenvalue weighted by molar-refractivity contribution is 5.94. The molecule has 0 radical (unpaired) electrons. The lowest BCUT2D eigenvalue weighted by Crippen LogP contribution is -2.38. The van der Waals surface area contributed by atoms with Crippen molar-refractivity contribution in [2.45, 2.75) is 31.5 Å². The lowest BCUT2D eigenvalue weighted by atomic mass is 10.0. The Bertz CT molecular complexity index is 814. The average Bonchev–Trinajstić information content (AvgIpc) is 3.24. The van der Waals surface area contributed by atoms with Crippen LogP contribution in [-0.4, -0.2) is 35.3 Å². The minimum absolute atomic E-state index is 0. The fourth-order valence-corrected chi connectivity index (χ4v) is 3.41. The number of amides is 1. The van der Waals surface area contributed by atoms with Gasteiger partial charge in [0.05, 0.1) is 6.04 Å². The second-order valence-corrected chi connectivity index (χ2v) is 6.29. The van der Waals surface area contributed by atoms with Crippen molar-refractivity contribution in [2.75, 3.05) is 13.2 Å². The van der Waals surface area contributed by atoms with E-state index in [0.29, 0.717) is 30.8 Å². The molecule has 6 nitrogen and oxygen atoms in total. The summed E-state index contributed by atoms with van der Waals surface area (Å²) in [5.41, 5.74) is 2.74. The van der Waals surface area contributed by atoms with Crippen LogP contribution in [0, 0.1) is 11.6 Å². The number of hydrogen-bond donors (Lipinski definition) is 3. The smallest absolute Gasteiger partial charge is 0.272 e. The van der Waals surface area contributed by atoms with Crippen molar-refractivity contribution in [3.8, 4) is 0 Å². The van der Waals surface area contributed by atoms with Gasteiger partial charge in [-0.2, -0.15) is 5.10 Å². The summed E-state index contributed by atoms with van der Waals surface area (Å²) >= 11 is 0. The number of aromatic nitrogens is 2. The average molecular weight is 385 g/mol. The number of nitrogens with zero attached hydrogens (tertiary/aromatic N) is 1. The molecule has 140 valence electrons. The van der Waals surface area contributed by atoms with Crippen LogP contribution in [0.3, 0.4) is 0 Å². The number of hydrogen-bond acceptors (Lipinski definition) is 4. The van der Waals surface area contributed by atoms with E-state index < -0.39 is 17.7 Å². The van der Waals surface area contributed by atoms with Gasteiger partial charge in [-0.25, -0.2) is 8.78 Å². The molecule has 1 amide bonds. The second kappa shape index (κ2) is 7.69. The lowest BCUT2D eigenvalue weighted by Gasteiger charge is -2.20. The Hall–Kier alpha value is -2.03. The molecule has 1 fully saturated rings. The summed E-state index contributed by atoms with van der Waals surface area (Å²) in [6, 6.07) is 3.35. The van der Waals surface area contributed by atoms with Crippen molar-refractivity contribution in [3.63, 3.8) is 0 Å². The first-order valence-electron chi connectivity index (χ1n) is 8.27. The largest absolute Gasteiger partial charge is 0.371 e. The lowest BCUT2D eigenvalue weighted by molar-refractivity contribution is 0.0816. The van der Waals surface area contributed by atoms with Crippen LogP contribution < -0.4 is 10.6 Å². The number of nitrogens with one attached hydrogen (secondary N) is 3. The Morgan fingerprint density at radius 2 is 2.15 bits per heavy atom. The van der Waals surface area contributed by atoms with Crippen molar-refractivity contribution < 1.29 is 18.3 Å². The third-order valence-corrected chi connectivity index (χ3v) is 4.70. The molecular formula is C17H19ClF2N4O2. The molecule has 2 aromatic rings. The summed E-state index contributed by atoms with van der Waals surface area (Å²) in [4.78, 5) is 12.6. The first-order chi connectivity index (χ1) is 12.1. The third kappa shape index (κ3) is 3.44. The summed E-state index contributed by atoms with van der Waals surface area (Å²) in [6.07, 6.45) is 0.895. The molecule has 2 unspecified atom stereocenters. The van der Waals surface area contributed by atoms with Crippen molar-refractivity contribution in [3.05, 3.63) is 52.3 Å². The Morgan fingerprint density at radius 1 is 1.31 bits per heavy atom. The number of ether oxygens (including phenoxy) is 1. The van der Waals surface area contributed by atoms with E-state index in [1.165, 1.54) is 6.07 Å². The highest BCUT2D eigenvalue weighted by Crippen LogP contribution is 2.30. The Balaban J connectivity index is 0.00000196. The molecule has 3 N–H and O–H groups in total. The minimum atomic E-state index is -0.925. The minimum Gasteiger partial charge on any atom is -0.371 e. The zero-order valence-electron chi connectivity index (χ0n) is 13.9. The first-order valence-corrected chi connectivity index (χ1v) is 8.27. The number of carbonyl (C=O) groups is 1. The van der Waals surface area contributed by atoms with Crippen LogP contribution in [0.15, 0.2) is 18.2 Å². The topological polar surface area (TPSA) is 79.0 Å². The number of benzene rings is 1. The van der Waals surface area contributed by atoms with Gasteiger partial charge in [0, 0.05) is 37.4 Å². The fraction of sp³-hybridized carbons (Fsp3) is 0.412. The summed E-state index contributed by atoms with van der Waals surface area (Å²) in [7, 11) is 0. The molecule has 0 aliphatic carbocycles. The van der Waals surface area contributed by atoms with Gasteiger partial charge in [-0.1, -0.05) is 6.07 Å². The van der Waals surface area contributed by atoms with E-state index in [1.807, 2.05) is 0 Å². The second-order valence-electron chi connectivity index (χ2n) is 6.29. The van der Waals surface area contributed by atoms with Gasteiger partial charge < -0.3 is 15.4 Å². The van der Waals surface area contributed by atoms with Gasteiger partial charge in [-0.15, -0.1) is 12.4 Å². The fourth-order valence-electron chi connectivity index (χ4n) is 3.41. The highest BCUT2D eigenvalue weighted by atomic mass is 35.5. The van der Waals surface area contributed by atoms with E-state index in [2.05, 4.69) is 20.8 Å². The third-order valence-electron chi connectivity index (χ3n) is 4.70. The Labute approximate surface area is 155 Å². The van der Waals surface area contributed by atoms with Crippen molar-refractivity contribution in [2.24, 2.45) is 0 Å². The molecule has 2 atom stereocenters. The monoisotopic (exact) mass is 384 g/mol. The van der Waals surface area contributed by atoms with Gasteiger partial charge in [-0.3, -0.25) is 9.89 Å². The number of carbonyl (C=O) groups excluding carboxylic acids is 1. The molecule has 2 aliphatic rings. The molecule has 2 aliphatic heterocycles.